The highest BCUT2D eigenvalue weighted by Gasteiger charge is 2.17. The Morgan fingerprint density at radius 2 is 2.24 bits per heavy atom. The third-order valence-electron chi connectivity index (χ3n) is 3.72. The Bertz CT molecular complexity index is 727. The molecule has 2 aromatic rings. The molecule has 4 nitrogen and oxygen atoms in total. The molecule has 21 heavy (non-hydrogen) atoms. The third kappa shape index (κ3) is 3.01. The second-order valence-corrected chi connectivity index (χ2v) is 6.81. The van der Waals surface area contributed by atoms with Gasteiger partial charge >= 0.3 is 0 Å². The second kappa shape index (κ2) is 6.23. The van der Waals surface area contributed by atoms with Gasteiger partial charge in [-0.2, -0.15) is 0 Å². The van der Waals surface area contributed by atoms with Crippen molar-refractivity contribution in [2.75, 3.05) is 6.26 Å². The van der Waals surface area contributed by atoms with Crippen LogP contribution in [0.15, 0.2) is 27.2 Å². The van der Waals surface area contributed by atoms with Gasteiger partial charge in [0.2, 0.25) is 0 Å². The Morgan fingerprint density at radius 1 is 1.38 bits per heavy atom. The van der Waals surface area contributed by atoms with Crippen molar-refractivity contribution < 1.29 is 0 Å². The normalized spacial score (nSPS) is 13.4. The minimum Gasteiger partial charge on any atom is -0.301 e. The highest BCUT2D eigenvalue weighted by atomic mass is 32.2. The molecule has 1 aliphatic carbocycles. The zero-order valence-corrected chi connectivity index (χ0v) is 13.7. The average Bonchev–Trinajstić information content (AvgIpc) is 2.94. The van der Waals surface area contributed by atoms with E-state index < -0.39 is 0 Å². The van der Waals surface area contributed by atoms with E-state index in [4.69, 9.17) is 0 Å². The van der Waals surface area contributed by atoms with Crippen LogP contribution in [0.1, 0.15) is 28.8 Å². The zero-order chi connectivity index (χ0) is 14.8. The van der Waals surface area contributed by atoms with Gasteiger partial charge in [0.25, 0.3) is 5.56 Å². The molecule has 0 amide bonds. The van der Waals surface area contributed by atoms with E-state index in [0.717, 1.165) is 46.5 Å². The number of nitrogens with zero attached hydrogens (tertiary/aromatic N) is 2. The number of fused-ring (bicyclic) bond motifs is 1. The van der Waals surface area contributed by atoms with Crippen LogP contribution in [0.25, 0.3) is 0 Å². The van der Waals surface area contributed by atoms with Crippen LogP contribution in [0, 0.1) is 6.92 Å². The molecule has 3 rings (SSSR count). The zero-order valence-electron chi connectivity index (χ0n) is 12.1. The van der Waals surface area contributed by atoms with Gasteiger partial charge in [-0.3, -0.25) is 4.79 Å². The van der Waals surface area contributed by atoms with Crippen molar-refractivity contribution in [3.63, 3.8) is 0 Å². The minimum atomic E-state index is 0.0352. The number of rotatable bonds is 4. The van der Waals surface area contributed by atoms with E-state index in [1.165, 1.54) is 11.1 Å². The molecule has 2 heterocycles. The molecular formula is C15H17N3OS2. The number of pyridine rings is 1. The van der Waals surface area contributed by atoms with Crippen molar-refractivity contribution in [2.45, 2.75) is 42.1 Å². The van der Waals surface area contributed by atoms with Gasteiger partial charge in [0.15, 0.2) is 5.16 Å². The van der Waals surface area contributed by atoms with Crippen molar-refractivity contribution in [2.24, 2.45) is 0 Å². The number of aromatic amines is 1. The van der Waals surface area contributed by atoms with Gasteiger partial charge < -0.3 is 4.98 Å². The minimum absolute atomic E-state index is 0.0352. The maximum absolute atomic E-state index is 12.0. The lowest BCUT2D eigenvalue weighted by Gasteiger charge is -2.09. The topological polar surface area (TPSA) is 58.6 Å². The summed E-state index contributed by atoms with van der Waals surface area (Å²) in [7, 11) is 0. The molecule has 0 saturated heterocycles. The van der Waals surface area contributed by atoms with E-state index in [-0.39, 0.29) is 5.56 Å². The molecule has 110 valence electrons. The predicted octanol–water partition coefficient (Wildman–Crippen LogP) is 2.98. The standard InChI is InChI=1S/C15H17N3OS2/c1-9-6-7-16-14(20-2)11(9)8-21-15-17-12-5-3-4-10(12)13(19)18-15/h6-7H,3-5,8H2,1-2H3,(H,17,18,19). The summed E-state index contributed by atoms with van der Waals surface area (Å²) in [5, 5.41) is 1.77. The quantitative estimate of drug-likeness (QED) is 0.693. The molecule has 6 heteroatoms. The van der Waals surface area contributed by atoms with Gasteiger partial charge in [0.05, 0.1) is 10.7 Å². The predicted molar refractivity (Wildman–Crippen MR) is 87.2 cm³/mol. The van der Waals surface area contributed by atoms with E-state index >= 15 is 0 Å². The summed E-state index contributed by atoms with van der Waals surface area (Å²) in [5.74, 6) is 0.775. The first-order valence-corrected chi connectivity index (χ1v) is 9.13. The van der Waals surface area contributed by atoms with E-state index in [0.29, 0.717) is 0 Å². The average molecular weight is 319 g/mol. The van der Waals surface area contributed by atoms with E-state index in [1.54, 1.807) is 23.5 Å². The Balaban J connectivity index is 1.83. The lowest BCUT2D eigenvalue weighted by molar-refractivity contribution is 0.869. The monoisotopic (exact) mass is 319 g/mol. The van der Waals surface area contributed by atoms with Crippen LogP contribution < -0.4 is 5.56 Å². The Kier molecular flexibility index (Phi) is 4.35. The molecule has 0 atom stereocenters. The largest absolute Gasteiger partial charge is 0.301 e. The highest BCUT2D eigenvalue weighted by Crippen LogP contribution is 2.28. The number of aryl methyl sites for hydroxylation is 2. The van der Waals surface area contributed by atoms with Crippen LogP contribution in [0.5, 0.6) is 0 Å². The smallest absolute Gasteiger partial charge is 0.254 e. The summed E-state index contributed by atoms with van der Waals surface area (Å²) in [4.78, 5) is 23.9. The van der Waals surface area contributed by atoms with Crippen LogP contribution in [-0.4, -0.2) is 21.2 Å². The highest BCUT2D eigenvalue weighted by molar-refractivity contribution is 7.99. The fourth-order valence-corrected chi connectivity index (χ4v) is 4.27. The summed E-state index contributed by atoms with van der Waals surface area (Å²) in [6.45, 7) is 2.09. The SMILES string of the molecule is CSc1nccc(C)c1CSc1nc2c(c(=O)[nH]1)CCC2. The van der Waals surface area contributed by atoms with Crippen molar-refractivity contribution in [3.8, 4) is 0 Å². The van der Waals surface area contributed by atoms with Gasteiger partial charge in [-0.25, -0.2) is 9.97 Å². The maximum Gasteiger partial charge on any atom is 0.254 e. The Hall–Kier alpha value is -1.27. The summed E-state index contributed by atoms with van der Waals surface area (Å²) in [5.41, 5.74) is 4.34. The fourth-order valence-electron chi connectivity index (χ4n) is 2.54. The molecule has 1 N–H and O–H groups in total. The Morgan fingerprint density at radius 3 is 3.05 bits per heavy atom. The lowest BCUT2D eigenvalue weighted by Crippen LogP contribution is -2.15. The van der Waals surface area contributed by atoms with Gasteiger partial charge in [-0.05, 0) is 49.6 Å². The molecule has 2 aromatic heterocycles. The van der Waals surface area contributed by atoms with Crippen LogP contribution in [0.2, 0.25) is 0 Å². The molecule has 0 radical (unpaired) electrons. The van der Waals surface area contributed by atoms with Crippen LogP contribution in [0.4, 0.5) is 0 Å². The van der Waals surface area contributed by atoms with Crippen molar-refractivity contribution in [3.05, 3.63) is 45.0 Å². The first-order valence-electron chi connectivity index (χ1n) is 6.92. The summed E-state index contributed by atoms with van der Waals surface area (Å²) in [6.07, 6.45) is 6.70. The summed E-state index contributed by atoms with van der Waals surface area (Å²) < 4.78 is 0. The Labute approximate surface area is 132 Å². The third-order valence-corrected chi connectivity index (χ3v) is 5.36. The molecule has 0 spiro atoms. The number of hydrogen-bond donors (Lipinski definition) is 1. The molecule has 1 aliphatic rings. The summed E-state index contributed by atoms with van der Waals surface area (Å²) >= 11 is 3.23. The number of thioether (sulfide) groups is 2. The number of aromatic nitrogens is 3. The first kappa shape index (κ1) is 14.7. The molecule has 0 bridgehead atoms. The summed E-state index contributed by atoms with van der Waals surface area (Å²) in [6, 6.07) is 2.02. The maximum atomic E-state index is 12.0. The van der Waals surface area contributed by atoms with Gasteiger partial charge in [0.1, 0.15) is 0 Å². The van der Waals surface area contributed by atoms with Crippen molar-refractivity contribution in [1.29, 1.82) is 0 Å². The van der Waals surface area contributed by atoms with Crippen molar-refractivity contribution >= 4 is 23.5 Å². The molecule has 0 aliphatic heterocycles. The van der Waals surface area contributed by atoms with E-state index in [2.05, 4.69) is 21.9 Å². The number of H-pyrrole nitrogens is 1. The number of nitrogens with one attached hydrogen (secondary N) is 1. The molecule has 0 aromatic carbocycles. The molecule has 0 unspecified atom stereocenters. The second-order valence-electron chi connectivity index (χ2n) is 5.05. The van der Waals surface area contributed by atoms with Gasteiger partial charge in [-0.15, -0.1) is 11.8 Å². The first-order chi connectivity index (χ1) is 10.2. The molecular weight excluding hydrogens is 302 g/mol. The van der Waals surface area contributed by atoms with E-state index in [9.17, 15) is 4.79 Å². The number of hydrogen-bond acceptors (Lipinski definition) is 5. The molecule has 0 fully saturated rings. The fraction of sp³-hybridized carbons (Fsp3) is 0.400. The van der Waals surface area contributed by atoms with Crippen LogP contribution >= 0.6 is 23.5 Å². The van der Waals surface area contributed by atoms with Crippen molar-refractivity contribution in [1.82, 2.24) is 15.0 Å². The van der Waals surface area contributed by atoms with E-state index in [1.807, 2.05) is 18.5 Å². The lowest BCUT2D eigenvalue weighted by atomic mass is 10.2. The van der Waals surface area contributed by atoms with Crippen LogP contribution in [0.3, 0.4) is 0 Å². The molecule has 0 saturated carbocycles. The van der Waals surface area contributed by atoms with Crippen LogP contribution in [-0.2, 0) is 18.6 Å². The van der Waals surface area contributed by atoms with Gasteiger partial charge in [-0.1, -0.05) is 11.8 Å². The van der Waals surface area contributed by atoms with Gasteiger partial charge in [0, 0.05) is 17.5 Å².